The molecule has 0 aromatic heterocycles. The molecule has 98 valence electrons. The highest BCUT2D eigenvalue weighted by Crippen LogP contribution is 2.49. The third kappa shape index (κ3) is 4.07. The van der Waals surface area contributed by atoms with Crippen LogP contribution in [0.1, 0.15) is 32.1 Å². The van der Waals surface area contributed by atoms with Crippen molar-refractivity contribution in [1.82, 2.24) is 4.90 Å². The SMILES string of the molecule is O=C(O)CC1(CS(=O)CCN2CCCC2)CC1. The minimum absolute atomic E-state index is 0.123. The first-order valence-corrected chi connectivity index (χ1v) is 7.88. The van der Waals surface area contributed by atoms with Gasteiger partial charge in [0.2, 0.25) is 0 Å². The second kappa shape index (κ2) is 5.48. The Hall–Kier alpha value is -0.420. The Bertz CT molecular complexity index is 309. The summed E-state index contributed by atoms with van der Waals surface area (Å²) in [5.74, 6) is 0.549. The second-order valence-electron chi connectivity index (χ2n) is 5.41. The van der Waals surface area contributed by atoms with E-state index in [0.29, 0.717) is 11.5 Å². The molecule has 0 amide bonds. The second-order valence-corrected chi connectivity index (χ2v) is 6.98. The highest BCUT2D eigenvalue weighted by molar-refractivity contribution is 7.85. The predicted octanol–water partition coefficient (Wildman–Crippen LogP) is 1.09. The summed E-state index contributed by atoms with van der Waals surface area (Å²) in [6, 6.07) is 0. The molecular weight excluding hydrogens is 238 g/mol. The number of rotatable bonds is 7. The lowest BCUT2D eigenvalue weighted by molar-refractivity contribution is -0.138. The Balaban J connectivity index is 1.68. The van der Waals surface area contributed by atoms with Crippen molar-refractivity contribution < 1.29 is 14.1 Å². The molecule has 1 heterocycles. The van der Waals surface area contributed by atoms with Gasteiger partial charge >= 0.3 is 5.97 Å². The van der Waals surface area contributed by atoms with Gasteiger partial charge in [0.15, 0.2) is 0 Å². The topological polar surface area (TPSA) is 57.6 Å². The number of carboxylic acid groups (broad SMARTS) is 1. The number of carboxylic acids is 1. The fraction of sp³-hybridized carbons (Fsp3) is 0.917. The molecule has 1 N–H and O–H groups in total. The monoisotopic (exact) mass is 259 g/mol. The van der Waals surface area contributed by atoms with Crippen molar-refractivity contribution in [3.63, 3.8) is 0 Å². The minimum Gasteiger partial charge on any atom is -0.481 e. The van der Waals surface area contributed by atoms with E-state index >= 15 is 0 Å². The fourth-order valence-electron chi connectivity index (χ4n) is 2.52. The van der Waals surface area contributed by atoms with Gasteiger partial charge in [-0.15, -0.1) is 0 Å². The van der Waals surface area contributed by atoms with E-state index < -0.39 is 16.8 Å². The van der Waals surface area contributed by atoms with Crippen LogP contribution in [-0.2, 0) is 15.6 Å². The van der Waals surface area contributed by atoms with Gasteiger partial charge in [0.1, 0.15) is 0 Å². The number of likely N-dealkylation sites (tertiary alicyclic amines) is 1. The van der Waals surface area contributed by atoms with Crippen molar-refractivity contribution in [3.05, 3.63) is 0 Å². The van der Waals surface area contributed by atoms with Crippen LogP contribution in [0.3, 0.4) is 0 Å². The van der Waals surface area contributed by atoms with E-state index in [9.17, 15) is 9.00 Å². The Labute approximate surface area is 105 Å². The molecule has 0 spiro atoms. The summed E-state index contributed by atoms with van der Waals surface area (Å²) in [6.07, 6.45) is 4.59. The van der Waals surface area contributed by atoms with Crippen molar-refractivity contribution in [1.29, 1.82) is 0 Å². The minimum atomic E-state index is -0.844. The molecule has 0 radical (unpaired) electrons. The Kier molecular flexibility index (Phi) is 4.20. The van der Waals surface area contributed by atoms with Crippen molar-refractivity contribution in [3.8, 4) is 0 Å². The lowest BCUT2D eigenvalue weighted by Gasteiger charge is -2.16. The molecule has 17 heavy (non-hydrogen) atoms. The summed E-state index contributed by atoms with van der Waals surface area (Å²) in [5, 5.41) is 8.80. The number of hydrogen-bond acceptors (Lipinski definition) is 3. The maximum absolute atomic E-state index is 11.9. The fourth-order valence-corrected chi connectivity index (χ4v) is 4.20. The highest BCUT2D eigenvalue weighted by Gasteiger charge is 2.45. The Morgan fingerprint density at radius 2 is 1.94 bits per heavy atom. The average Bonchev–Trinajstić information content (AvgIpc) is 2.81. The number of hydrogen-bond donors (Lipinski definition) is 1. The first-order valence-electron chi connectivity index (χ1n) is 6.39. The van der Waals surface area contributed by atoms with Gasteiger partial charge in [-0.2, -0.15) is 0 Å². The van der Waals surface area contributed by atoms with E-state index in [1.807, 2.05) is 0 Å². The van der Waals surface area contributed by atoms with Gasteiger partial charge in [0.25, 0.3) is 0 Å². The molecule has 1 atom stereocenters. The van der Waals surface area contributed by atoms with Crippen LogP contribution in [0.15, 0.2) is 0 Å². The van der Waals surface area contributed by atoms with Crippen LogP contribution in [0.5, 0.6) is 0 Å². The molecule has 0 bridgehead atoms. The summed E-state index contributed by atoms with van der Waals surface area (Å²) in [6.45, 7) is 3.19. The van der Waals surface area contributed by atoms with Gasteiger partial charge in [-0.05, 0) is 44.2 Å². The van der Waals surface area contributed by atoms with Crippen molar-refractivity contribution in [2.45, 2.75) is 32.1 Å². The van der Waals surface area contributed by atoms with Crippen LogP contribution in [0.2, 0.25) is 0 Å². The molecule has 0 aromatic rings. The van der Waals surface area contributed by atoms with E-state index in [-0.39, 0.29) is 11.8 Å². The van der Waals surface area contributed by atoms with Crippen molar-refractivity contribution in [2.24, 2.45) is 5.41 Å². The molecule has 1 saturated carbocycles. The van der Waals surface area contributed by atoms with E-state index in [1.54, 1.807) is 0 Å². The number of nitrogens with zero attached hydrogens (tertiary/aromatic N) is 1. The van der Waals surface area contributed by atoms with E-state index in [2.05, 4.69) is 4.90 Å². The molecule has 1 saturated heterocycles. The highest BCUT2D eigenvalue weighted by atomic mass is 32.2. The average molecular weight is 259 g/mol. The van der Waals surface area contributed by atoms with Crippen LogP contribution < -0.4 is 0 Å². The molecule has 2 fully saturated rings. The lowest BCUT2D eigenvalue weighted by atomic mass is 10.1. The van der Waals surface area contributed by atoms with E-state index in [1.165, 1.54) is 12.8 Å². The van der Waals surface area contributed by atoms with Crippen molar-refractivity contribution >= 4 is 16.8 Å². The molecule has 4 nitrogen and oxygen atoms in total. The summed E-state index contributed by atoms with van der Waals surface area (Å²) in [4.78, 5) is 13.1. The largest absolute Gasteiger partial charge is 0.481 e. The lowest BCUT2D eigenvalue weighted by Crippen LogP contribution is -2.27. The zero-order valence-corrected chi connectivity index (χ0v) is 11.0. The van der Waals surface area contributed by atoms with Gasteiger partial charge in [0, 0.05) is 28.9 Å². The maximum atomic E-state index is 11.9. The Morgan fingerprint density at radius 3 is 2.47 bits per heavy atom. The van der Waals surface area contributed by atoms with Crippen molar-refractivity contribution in [2.75, 3.05) is 31.1 Å². The molecule has 1 aliphatic heterocycles. The van der Waals surface area contributed by atoms with Crippen LogP contribution in [0.25, 0.3) is 0 Å². The number of carbonyl (C=O) groups is 1. The van der Waals surface area contributed by atoms with Gasteiger partial charge in [-0.25, -0.2) is 0 Å². The van der Waals surface area contributed by atoms with Gasteiger partial charge < -0.3 is 10.0 Å². The quantitative estimate of drug-likeness (QED) is 0.743. The predicted molar refractivity (Wildman–Crippen MR) is 67.5 cm³/mol. The normalized spacial score (nSPS) is 24.7. The summed E-state index contributed by atoms with van der Waals surface area (Å²) < 4.78 is 11.9. The van der Waals surface area contributed by atoms with E-state index in [0.717, 1.165) is 32.5 Å². The molecule has 2 aliphatic rings. The summed E-state index contributed by atoms with van der Waals surface area (Å²) in [5.41, 5.74) is -0.123. The molecular formula is C12H21NO3S. The first-order chi connectivity index (χ1) is 8.10. The van der Waals surface area contributed by atoms with Crippen LogP contribution in [-0.4, -0.2) is 51.3 Å². The van der Waals surface area contributed by atoms with Crippen LogP contribution >= 0.6 is 0 Å². The van der Waals surface area contributed by atoms with Crippen LogP contribution in [0.4, 0.5) is 0 Å². The van der Waals surface area contributed by atoms with Gasteiger partial charge in [-0.3, -0.25) is 9.00 Å². The standard InChI is InChI=1S/C12H21NO3S/c14-11(15)9-12(3-4-12)10-17(16)8-7-13-5-1-2-6-13/h1-10H2,(H,14,15). The van der Waals surface area contributed by atoms with E-state index in [4.69, 9.17) is 5.11 Å². The summed E-state index contributed by atoms with van der Waals surface area (Å²) >= 11 is 0. The first kappa shape index (κ1) is 13.0. The molecule has 0 aromatic carbocycles. The third-order valence-corrected chi connectivity index (χ3v) is 5.36. The molecule has 1 unspecified atom stereocenters. The smallest absolute Gasteiger partial charge is 0.303 e. The Morgan fingerprint density at radius 1 is 1.29 bits per heavy atom. The summed E-state index contributed by atoms with van der Waals surface area (Å²) in [7, 11) is -0.844. The molecule has 2 rings (SSSR count). The molecule has 5 heteroatoms. The molecule has 1 aliphatic carbocycles. The zero-order valence-electron chi connectivity index (χ0n) is 10.2. The zero-order chi connectivity index (χ0) is 12.3. The van der Waals surface area contributed by atoms with Gasteiger partial charge in [0.05, 0.1) is 6.42 Å². The van der Waals surface area contributed by atoms with Crippen LogP contribution in [0, 0.1) is 5.41 Å². The maximum Gasteiger partial charge on any atom is 0.303 e. The van der Waals surface area contributed by atoms with Gasteiger partial charge in [-0.1, -0.05) is 0 Å². The number of aliphatic carboxylic acids is 1. The third-order valence-electron chi connectivity index (χ3n) is 3.78.